The molecule has 2 atom stereocenters. The van der Waals surface area contributed by atoms with Crippen molar-refractivity contribution >= 4 is 19.5 Å². The van der Waals surface area contributed by atoms with Crippen LogP contribution in [-0.4, -0.2) is 25.8 Å². The highest BCUT2D eigenvalue weighted by molar-refractivity contribution is 6.60. The van der Waals surface area contributed by atoms with E-state index in [1.165, 1.54) is 13.9 Å². The molecule has 0 aliphatic carbocycles. The Bertz CT molecular complexity index is 267. The Morgan fingerprint density at radius 3 is 2.73 bits per heavy atom. The summed E-state index contributed by atoms with van der Waals surface area (Å²) >= 11 is 0. The first-order valence-corrected chi connectivity index (χ1v) is 2.97. The lowest BCUT2D eigenvalue weighted by Gasteiger charge is -2.12. The standard InChI is InChI=1S/C5H4BF2N3/c6-5-10-3(7)2(1-9)4(8)11-5/h2-3H,6H2. The normalized spacial score (nSPS) is 30.3. The summed E-state index contributed by atoms with van der Waals surface area (Å²) in [6, 6.07) is 1.44. The van der Waals surface area contributed by atoms with Gasteiger partial charge in [0.15, 0.2) is 13.8 Å². The molecule has 0 saturated carbocycles. The Labute approximate surface area is 62.9 Å². The van der Waals surface area contributed by atoms with Crippen LogP contribution in [0, 0.1) is 17.2 Å². The molecule has 56 valence electrons. The van der Waals surface area contributed by atoms with Crippen molar-refractivity contribution in [2.45, 2.75) is 6.30 Å². The van der Waals surface area contributed by atoms with Gasteiger partial charge in [0, 0.05) is 0 Å². The van der Waals surface area contributed by atoms with E-state index in [4.69, 9.17) is 5.26 Å². The van der Waals surface area contributed by atoms with Crippen LogP contribution in [0.3, 0.4) is 0 Å². The molecular weight excluding hydrogens is 151 g/mol. The average Bonchev–Trinajstić information content (AvgIpc) is 1.85. The summed E-state index contributed by atoms with van der Waals surface area (Å²) in [5.74, 6) is -2.45. The van der Waals surface area contributed by atoms with Crippen LogP contribution in [0.25, 0.3) is 0 Å². The van der Waals surface area contributed by atoms with Gasteiger partial charge in [-0.05, 0) is 0 Å². The summed E-state index contributed by atoms with van der Waals surface area (Å²) in [6.45, 7) is 0. The van der Waals surface area contributed by atoms with Crippen LogP contribution >= 0.6 is 0 Å². The van der Waals surface area contributed by atoms with E-state index in [0.717, 1.165) is 0 Å². The van der Waals surface area contributed by atoms with E-state index in [-0.39, 0.29) is 5.73 Å². The Morgan fingerprint density at radius 2 is 2.27 bits per heavy atom. The highest BCUT2D eigenvalue weighted by Gasteiger charge is 2.29. The number of amidine groups is 1. The third kappa shape index (κ3) is 1.42. The van der Waals surface area contributed by atoms with Gasteiger partial charge < -0.3 is 0 Å². The highest BCUT2D eigenvalue weighted by atomic mass is 19.1. The zero-order valence-corrected chi connectivity index (χ0v) is 5.75. The minimum absolute atomic E-state index is 0.0292. The van der Waals surface area contributed by atoms with Crippen molar-refractivity contribution in [3.05, 3.63) is 0 Å². The smallest absolute Gasteiger partial charge is 0.214 e. The molecule has 1 aliphatic heterocycles. The molecule has 6 heteroatoms. The summed E-state index contributed by atoms with van der Waals surface area (Å²) in [5.41, 5.74) is 0.0292. The lowest BCUT2D eigenvalue weighted by atomic mass is 10.1. The maximum atomic E-state index is 12.6. The van der Waals surface area contributed by atoms with Crippen LogP contribution in [0.5, 0.6) is 0 Å². The maximum absolute atomic E-state index is 12.6. The predicted octanol–water partition coefficient (Wildman–Crippen LogP) is -0.208. The van der Waals surface area contributed by atoms with E-state index < -0.39 is 18.2 Å². The first-order valence-electron chi connectivity index (χ1n) is 2.97. The maximum Gasteiger partial charge on any atom is 0.214 e. The Kier molecular flexibility index (Phi) is 1.99. The molecule has 0 saturated heterocycles. The predicted molar refractivity (Wildman–Crippen MR) is 38.5 cm³/mol. The third-order valence-electron chi connectivity index (χ3n) is 1.25. The van der Waals surface area contributed by atoms with E-state index in [1.807, 2.05) is 0 Å². The average molecular weight is 155 g/mol. The van der Waals surface area contributed by atoms with Gasteiger partial charge in [-0.2, -0.15) is 9.65 Å². The molecule has 0 N–H and O–H groups in total. The van der Waals surface area contributed by atoms with Crippen LogP contribution < -0.4 is 0 Å². The second-order valence-electron chi connectivity index (χ2n) is 2.09. The lowest BCUT2D eigenvalue weighted by Crippen LogP contribution is -2.25. The van der Waals surface area contributed by atoms with Gasteiger partial charge in [0.2, 0.25) is 12.3 Å². The minimum Gasteiger partial charge on any atom is -0.243 e. The fraction of sp³-hybridized carbons (Fsp3) is 0.400. The van der Waals surface area contributed by atoms with Gasteiger partial charge in [-0.15, -0.1) is 0 Å². The van der Waals surface area contributed by atoms with Crippen LogP contribution in [-0.2, 0) is 0 Å². The molecule has 0 fully saturated rings. The summed E-state index contributed by atoms with van der Waals surface area (Å²) in [6.07, 6.45) is -1.81. The second-order valence-corrected chi connectivity index (χ2v) is 2.09. The lowest BCUT2D eigenvalue weighted by molar-refractivity contribution is 0.309. The van der Waals surface area contributed by atoms with Gasteiger partial charge >= 0.3 is 0 Å². The third-order valence-corrected chi connectivity index (χ3v) is 1.25. The molecule has 0 aromatic rings. The van der Waals surface area contributed by atoms with Crippen LogP contribution in [0.15, 0.2) is 9.98 Å². The van der Waals surface area contributed by atoms with Crippen molar-refractivity contribution in [3.63, 3.8) is 0 Å². The van der Waals surface area contributed by atoms with Gasteiger partial charge in [-0.1, -0.05) is 0 Å². The van der Waals surface area contributed by atoms with E-state index >= 15 is 0 Å². The topological polar surface area (TPSA) is 48.5 Å². The first-order chi connectivity index (χ1) is 5.15. The Hall–Kier alpha value is -1.25. The van der Waals surface area contributed by atoms with Crippen molar-refractivity contribution < 1.29 is 8.78 Å². The summed E-state index contributed by atoms with van der Waals surface area (Å²) in [4.78, 5) is 6.51. The van der Waals surface area contributed by atoms with Crippen LogP contribution in [0.2, 0.25) is 0 Å². The van der Waals surface area contributed by atoms with Crippen molar-refractivity contribution in [1.82, 2.24) is 0 Å². The molecule has 2 unspecified atom stereocenters. The van der Waals surface area contributed by atoms with E-state index in [1.54, 1.807) is 0 Å². The SMILES string of the molecule is BC1=NC(F)C(C#N)C(F)=N1. The van der Waals surface area contributed by atoms with Gasteiger partial charge in [-0.3, -0.25) is 0 Å². The number of rotatable bonds is 0. The molecule has 0 bridgehead atoms. The number of hydrogen-bond acceptors (Lipinski definition) is 3. The minimum atomic E-state index is -1.81. The van der Waals surface area contributed by atoms with E-state index in [0.29, 0.717) is 0 Å². The van der Waals surface area contributed by atoms with Gasteiger partial charge in [0.25, 0.3) is 0 Å². The monoisotopic (exact) mass is 155 g/mol. The first kappa shape index (κ1) is 7.86. The molecule has 0 amide bonds. The quantitative estimate of drug-likeness (QED) is 0.352. The Morgan fingerprint density at radius 1 is 1.64 bits per heavy atom. The zero-order valence-electron chi connectivity index (χ0n) is 5.75. The fourth-order valence-corrected chi connectivity index (χ4v) is 0.734. The molecular formula is C5H4BF2N3. The van der Waals surface area contributed by atoms with E-state index in [9.17, 15) is 8.78 Å². The number of alkyl halides is 1. The molecule has 0 radical (unpaired) electrons. The largest absolute Gasteiger partial charge is 0.243 e. The molecule has 3 nitrogen and oxygen atoms in total. The van der Waals surface area contributed by atoms with Crippen molar-refractivity contribution in [1.29, 1.82) is 5.26 Å². The summed E-state index contributed by atoms with van der Waals surface area (Å²) < 4.78 is 25.2. The number of halogens is 2. The number of aliphatic imine (C=N–C) groups is 2. The fourth-order valence-electron chi connectivity index (χ4n) is 0.734. The zero-order chi connectivity index (χ0) is 8.43. The highest BCUT2D eigenvalue weighted by Crippen LogP contribution is 2.16. The number of nitriles is 1. The molecule has 1 aliphatic rings. The molecule has 0 aromatic heterocycles. The second kappa shape index (κ2) is 2.78. The van der Waals surface area contributed by atoms with Crippen molar-refractivity contribution in [2.24, 2.45) is 15.9 Å². The molecule has 0 aromatic carbocycles. The summed E-state index contributed by atoms with van der Waals surface area (Å²) in [7, 11) is 1.37. The number of hydrogen-bond donors (Lipinski definition) is 0. The molecule has 1 heterocycles. The van der Waals surface area contributed by atoms with Crippen LogP contribution in [0.4, 0.5) is 8.78 Å². The van der Waals surface area contributed by atoms with Crippen molar-refractivity contribution in [2.75, 3.05) is 0 Å². The van der Waals surface area contributed by atoms with Gasteiger partial charge in [-0.25, -0.2) is 14.4 Å². The molecule has 0 spiro atoms. The van der Waals surface area contributed by atoms with Gasteiger partial charge in [0.1, 0.15) is 0 Å². The Balaban J connectivity index is 2.93. The number of nitrogens with zero attached hydrogens (tertiary/aromatic N) is 3. The van der Waals surface area contributed by atoms with Crippen LogP contribution in [0.1, 0.15) is 0 Å². The van der Waals surface area contributed by atoms with Gasteiger partial charge in [0.05, 0.1) is 11.8 Å². The summed E-state index contributed by atoms with van der Waals surface area (Å²) in [5, 5.41) is 8.24. The molecule has 1 rings (SSSR count). The van der Waals surface area contributed by atoms with E-state index in [2.05, 4.69) is 9.98 Å². The molecule has 11 heavy (non-hydrogen) atoms. The van der Waals surface area contributed by atoms with Crippen molar-refractivity contribution in [3.8, 4) is 6.07 Å².